The standard InChI is InChI=1S/C12H16N2O2S/c1-12(15,8-17-2)7-14-11-9-4-6-16-10(9)3-5-13-11/h3-6,15H,7-8H2,1-2H3,(H,13,14). The van der Waals surface area contributed by atoms with Crippen LogP contribution in [0.3, 0.4) is 0 Å². The van der Waals surface area contributed by atoms with Crippen LogP contribution in [0.15, 0.2) is 29.0 Å². The summed E-state index contributed by atoms with van der Waals surface area (Å²) in [4.78, 5) is 4.25. The average Bonchev–Trinajstić information content (AvgIpc) is 2.74. The summed E-state index contributed by atoms with van der Waals surface area (Å²) in [5.74, 6) is 1.43. The lowest BCUT2D eigenvalue weighted by atomic mass is 10.1. The maximum absolute atomic E-state index is 10.1. The minimum Gasteiger partial charge on any atom is -0.464 e. The molecule has 2 aromatic heterocycles. The van der Waals surface area contributed by atoms with Crippen molar-refractivity contribution >= 4 is 28.5 Å². The van der Waals surface area contributed by atoms with Crippen molar-refractivity contribution in [3.8, 4) is 0 Å². The van der Waals surface area contributed by atoms with Crippen molar-refractivity contribution in [1.82, 2.24) is 4.98 Å². The lowest BCUT2D eigenvalue weighted by Crippen LogP contribution is -2.36. The number of furan rings is 1. The van der Waals surface area contributed by atoms with Gasteiger partial charge in [-0.2, -0.15) is 11.8 Å². The number of pyridine rings is 1. The highest BCUT2D eigenvalue weighted by molar-refractivity contribution is 7.98. The van der Waals surface area contributed by atoms with Crippen LogP contribution in [0.4, 0.5) is 5.82 Å². The zero-order valence-electron chi connectivity index (χ0n) is 9.93. The molecule has 2 heterocycles. The Morgan fingerprint density at radius 2 is 2.35 bits per heavy atom. The number of nitrogens with zero attached hydrogens (tertiary/aromatic N) is 1. The van der Waals surface area contributed by atoms with Gasteiger partial charge in [-0.05, 0) is 25.3 Å². The lowest BCUT2D eigenvalue weighted by molar-refractivity contribution is 0.0996. The van der Waals surface area contributed by atoms with Crippen molar-refractivity contribution in [2.75, 3.05) is 23.9 Å². The molecule has 0 bridgehead atoms. The van der Waals surface area contributed by atoms with Gasteiger partial charge in [0.05, 0.1) is 17.3 Å². The molecule has 5 heteroatoms. The lowest BCUT2D eigenvalue weighted by Gasteiger charge is -2.22. The van der Waals surface area contributed by atoms with Gasteiger partial charge in [-0.3, -0.25) is 0 Å². The Bertz CT molecular complexity index is 496. The Morgan fingerprint density at radius 1 is 1.53 bits per heavy atom. The second-order valence-electron chi connectivity index (χ2n) is 4.28. The summed E-state index contributed by atoms with van der Waals surface area (Å²) in [7, 11) is 0. The Morgan fingerprint density at radius 3 is 3.12 bits per heavy atom. The van der Waals surface area contributed by atoms with Crippen LogP contribution in [0.2, 0.25) is 0 Å². The molecule has 0 aromatic carbocycles. The second kappa shape index (κ2) is 4.98. The first-order valence-corrected chi connectivity index (χ1v) is 6.79. The SMILES string of the molecule is CSCC(C)(O)CNc1nccc2occc12. The molecule has 2 N–H and O–H groups in total. The van der Waals surface area contributed by atoms with E-state index in [4.69, 9.17) is 4.42 Å². The Labute approximate surface area is 104 Å². The molecule has 17 heavy (non-hydrogen) atoms. The molecule has 1 unspecified atom stereocenters. The maximum Gasteiger partial charge on any atom is 0.139 e. The van der Waals surface area contributed by atoms with Gasteiger partial charge in [0, 0.05) is 18.5 Å². The fourth-order valence-electron chi connectivity index (χ4n) is 1.67. The third kappa shape index (κ3) is 2.92. The fraction of sp³-hybridized carbons (Fsp3) is 0.417. The predicted molar refractivity (Wildman–Crippen MR) is 71.5 cm³/mol. The summed E-state index contributed by atoms with van der Waals surface area (Å²) in [6, 6.07) is 3.69. The van der Waals surface area contributed by atoms with E-state index in [1.54, 1.807) is 24.2 Å². The van der Waals surface area contributed by atoms with E-state index in [1.807, 2.05) is 25.3 Å². The van der Waals surface area contributed by atoms with Gasteiger partial charge in [-0.1, -0.05) is 0 Å². The van der Waals surface area contributed by atoms with Gasteiger partial charge in [0.25, 0.3) is 0 Å². The Balaban J connectivity index is 2.11. The number of hydrogen-bond acceptors (Lipinski definition) is 5. The quantitative estimate of drug-likeness (QED) is 0.855. The van der Waals surface area contributed by atoms with E-state index in [1.165, 1.54) is 0 Å². The maximum atomic E-state index is 10.1. The third-order valence-corrected chi connectivity index (χ3v) is 3.38. The van der Waals surface area contributed by atoms with Gasteiger partial charge >= 0.3 is 0 Å². The monoisotopic (exact) mass is 252 g/mol. The first-order valence-electron chi connectivity index (χ1n) is 5.40. The van der Waals surface area contributed by atoms with E-state index in [0.29, 0.717) is 12.3 Å². The predicted octanol–water partition coefficient (Wildman–Crippen LogP) is 2.35. The zero-order chi connectivity index (χ0) is 12.3. The van der Waals surface area contributed by atoms with Crippen molar-refractivity contribution in [2.45, 2.75) is 12.5 Å². The highest BCUT2D eigenvalue weighted by Crippen LogP contribution is 2.22. The molecule has 0 radical (unpaired) electrons. The highest BCUT2D eigenvalue weighted by atomic mass is 32.2. The molecule has 0 aliphatic heterocycles. The molecule has 0 fully saturated rings. The second-order valence-corrected chi connectivity index (χ2v) is 5.14. The van der Waals surface area contributed by atoms with Gasteiger partial charge in [-0.15, -0.1) is 0 Å². The summed E-state index contributed by atoms with van der Waals surface area (Å²) >= 11 is 1.62. The van der Waals surface area contributed by atoms with Gasteiger partial charge in [0.1, 0.15) is 11.4 Å². The number of aromatic nitrogens is 1. The molecule has 0 amide bonds. The van der Waals surface area contributed by atoms with Gasteiger partial charge in [-0.25, -0.2) is 4.98 Å². The van der Waals surface area contributed by atoms with Crippen LogP contribution >= 0.6 is 11.8 Å². The number of aliphatic hydroxyl groups is 1. The van der Waals surface area contributed by atoms with Gasteiger partial charge in [0.2, 0.25) is 0 Å². The van der Waals surface area contributed by atoms with Crippen molar-refractivity contribution in [3.05, 3.63) is 24.6 Å². The van der Waals surface area contributed by atoms with Crippen LogP contribution < -0.4 is 5.32 Å². The molecule has 0 aliphatic rings. The first kappa shape index (κ1) is 12.3. The number of fused-ring (bicyclic) bond motifs is 1. The number of anilines is 1. The molecule has 0 saturated heterocycles. The minimum absolute atomic E-state index is 0.463. The van der Waals surface area contributed by atoms with Gasteiger partial charge in [0.15, 0.2) is 0 Å². The Kier molecular flexibility index (Phi) is 3.59. The van der Waals surface area contributed by atoms with Crippen LogP contribution in [0.25, 0.3) is 11.0 Å². The van der Waals surface area contributed by atoms with Crippen molar-refractivity contribution in [2.24, 2.45) is 0 Å². The number of thioether (sulfide) groups is 1. The van der Waals surface area contributed by atoms with Crippen molar-refractivity contribution in [1.29, 1.82) is 0 Å². The van der Waals surface area contributed by atoms with Crippen LogP contribution in [-0.4, -0.2) is 34.2 Å². The van der Waals surface area contributed by atoms with Crippen molar-refractivity contribution < 1.29 is 9.52 Å². The van der Waals surface area contributed by atoms with Crippen molar-refractivity contribution in [3.63, 3.8) is 0 Å². The Hall–Kier alpha value is -1.20. The smallest absolute Gasteiger partial charge is 0.139 e. The van der Waals surface area contributed by atoms with Crippen LogP contribution in [0, 0.1) is 0 Å². The minimum atomic E-state index is -0.743. The normalized spacial score (nSPS) is 14.8. The molecular weight excluding hydrogens is 236 g/mol. The summed E-state index contributed by atoms with van der Waals surface area (Å²) in [5, 5.41) is 14.2. The fourth-order valence-corrected chi connectivity index (χ4v) is 2.40. The summed E-state index contributed by atoms with van der Waals surface area (Å²) in [6.07, 6.45) is 5.30. The average molecular weight is 252 g/mol. The van der Waals surface area contributed by atoms with E-state index in [2.05, 4.69) is 10.3 Å². The van der Waals surface area contributed by atoms with E-state index in [9.17, 15) is 5.11 Å². The third-order valence-electron chi connectivity index (χ3n) is 2.47. The van der Waals surface area contributed by atoms with E-state index in [-0.39, 0.29) is 0 Å². The van der Waals surface area contributed by atoms with E-state index in [0.717, 1.165) is 16.8 Å². The molecule has 1 atom stereocenters. The number of nitrogens with one attached hydrogen (secondary N) is 1. The summed E-state index contributed by atoms with van der Waals surface area (Å²) < 4.78 is 5.29. The topological polar surface area (TPSA) is 58.3 Å². The zero-order valence-corrected chi connectivity index (χ0v) is 10.8. The molecule has 2 rings (SSSR count). The largest absolute Gasteiger partial charge is 0.464 e. The van der Waals surface area contributed by atoms with Crippen LogP contribution in [0.1, 0.15) is 6.92 Å². The molecule has 2 aromatic rings. The number of rotatable bonds is 5. The van der Waals surface area contributed by atoms with Crippen LogP contribution in [0.5, 0.6) is 0 Å². The molecule has 0 spiro atoms. The molecule has 92 valence electrons. The molecule has 0 saturated carbocycles. The molecular formula is C12H16N2O2S. The van der Waals surface area contributed by atoms with E-state index < -0.39 is 5.60 Å². The number of hydrogen-bond donors (Lipinski definition) is 2. The molecule has 0 aliphatic carbocycles. The first-order chi connectivity index (χ1) is 8.12. The highest BCUT2D eigenvalue weighted by Gasteiger charge is 2.19. The van der Waals surface area contributed by atoms with Crippen LogP contribution in [-0.2, 0) is 0 Å². The summed E-state index contributed by atoms with van der Waals surface area (Å²) in [6.45, 7) is 2.27. The molecule has 4 nitrogen and oxygen atoms in total. The van der Waals surface area contributed by atoms with E-state index >= 15 is 0 Å². The van der Waals surface area contributed by atoms with Gasteiger partial charge < -0.3 is 14.8 Å². The summed E-state index contributed by atoms with van der Waals surface area (Å²) in [5.41, 5.74) is 0.0551.